The predicted octanol–water partition coefficient (Wildman–Crippen LogP) is 4.25. The van der Waals surface area contributed by atoms with E-state index in [1.807, 2.05) is 31.1 Å². The highest BCUT2D eigenvalue weighted by atomic mass is 79.9. The number of aromatic nitrogens is 1. The van der Waals surface area contributed by atoms with Gasteiger partial charge in [0, 0.05) is 36.2 Å². The van der Waals surface area contributed by atoms with Crippen molar-refractivity contribution in [3.05, 3.63) is 32.0 Å². The number of anilines is 2. The average Bonchev–Trinajstić information content (AvgIpc) is 2.74. The van der Waals surface area contributed by atoms with Crippen molar-refractivity contribution in [3.8, 4) is 5.88 Å². The van der Waals surface area contributed by atoms with E-state index in [0.29, 0.717) is 12.4 Å². The summed E-state index contributed by atoms with van der Waals surface area (Å²) in [4.78, 5) is 7.39. The third-order valence-corrected chi connectivity index (χ3v) is 5.18. The maximum atomic E-state index is 6.05. The number of halogens is 2. The molecule has 0 aliphatic heterocycles. The number of thiophene rings is 1. The molecule has 7 heteroatoms. The molecule has 0 unspecified atom stereocenters. The summed E-state index contributed by atoms with van der Waals surface area (Å²) in [6, 6.07) is 3.96. The summed E-state index contributed by atoms with van der Waals surface area (Å²) in [6.07, 6.45) is 1.73. The molecule has 0 aromatic carbocycles. The quantitative estimate of drug-likeness (QED) is 0.846. The molecule has 0 bridgehead atoms. The number of methoxy groups -OCH3 is 1. The van der Waals surface area contributed by atoms with Gasteiger partial charge in [-0.2, -0.15) is 0 Å². The Labute approximate surface area is 135 Å². The highest BCUT2D eigenvalue weighted by Gasteiger charge is 2.13. The van der Waals surface area contributed by atoms with Crippen molar-refractivity contribution in [1.82, 2.24) is 4.98 Å². The molecule has 0 saturated heterocycles. The van der Waals surface area contributed by atoms with Crippen molar-refractivity contribution < 1.29 is 4.74 Å². The minimum Gasteiger partial charge on any atom is -0.479 e. The van der Waals surface area contributed by atoms with E-state index in [1.165, 1.54) is 0 Å². The molecule has 0 spiro atoms. The number of nitrogens with one attached hydrogen (secondary N) is 1. The van der Waals surface area contributed by atoms with Gasteiger partial charge in [-0.3, -0.25) is 0 Å². The Bertz CT molecular complexity index is 584. The smallest absolute Gasteiger partial charge is 0.239 e. The Morgan fingerprint density at radius 3 is 2.80 bits per heavy atom. The Morgan fingerprint density at radius 1 is 1.50 bits per heavy atom. The van der Waals surface area contributed by atoms with E-state index < -0.39 is 0 Å². The number of hydrogen-bond acceptors (Lipinski definition) is 5. The van der Waals surface area contributed by atoms with Crippen LogP contribution in [0.4, 0.5) is 11.4 Å². The zero-order valence-electron chi connectivity index (χ0n) is 11.4. The van der Waals surface area contributed by atoms with Crippen LogP contribution in [0.2, 0.25) is 4.34 Å². The van der Waals surface area contributed by atoms with Crippen LogP contribution in [0.5, 0.6) is 5.88 Å². The number of rotatable bonds is 5. The monoisotopic (exact) mass is 375 g/mol. The van der Waals surface area contributed by atoms with Crippen molar-refractivity contribution in [2.45, 2.75) is 6.54 Å². The molecule has 0 atom stereocenters. The van der Waals surface area contributed by atoms with E-state index in [9.17, 15) is 0 Å². The largest absolute Gasteiger partial charge is 0.479 e. The van der Waals surface area contributed by atoms with Gasteiger partial charge in [-0.05, 0) is 28.1 Å². The predicted molar refractivity (Wildman–Crippen MR) is 89.5 cm³/mol. The van der Waals surface area contributed by atoms with Crippen LogP contribution >= 0.6 is 38.9 Å². The molecule has 2 heterocycles. The minimum absolute atomic E-state index is 0.581. The molecule has 1 N–H and O–H groups in total. The Balaban J connectivity index is 2.23. The van der Waals surface area contributed by atoms with Crippen LogP contribution in [0.1, 0.15) is 4.88 Å². The molecular weight excluding hydrogens is 362 g/mol. The number of hydrogen-bond donors (Lipinski definition) is 1. The molecule has 0 saturated carbocycles. The first kappa shape index (κ1) is 15.4. The molecule has 0 aliphatic carbocycles. The molecule has 0 radical (unpaired) electrons. The fourth-order valence-electron chi connectivity index (χ4n) is 1.78. The van der Waals surface area contributed by atoms with Gasteiger partial charge in [-0.15, -0.1) is 11.3 Å². The van der Waals surface area contributed by atoms with Crippen LogP contribution in [0.25, 0.3) is 0 Å². The van der Waals surface area contributed by atoms with E-state index >= 15 is 0 Å². The Kier molecular flexibility index (Phi) is 5.12. The second-order valence-electron chi connectivity index (χ2n) is 4.30. The first-order valence-corrected chi connectivity index (χ1v) is 7.89. The molecule has 20 heavy (non-hydrogen) atoms. The van der Waals surface area contributed by atoms with Crippen LogP contribution in [-0.4, -0.2) is 26.2 Å². The van der Waals surface area contributed by atoms with E-state index in [-0.39, 0.29) is 0 Å². The maximum absolute atomic E-state index is 6.05. The van der Waals surface area contributed by atoms with Gasteiger partial charge in [0.05, 0.1) is 12.8 Å². The van der Waals surface area contributed by atoms with Gasteiger partial charge >= 0.3 is 0 Å². The summed E-state index contributed by atoms with van der Waals surface area (Å²) in [5.74, 6) is 0.581. The highest BCUT2D eigenvalue weighted by Crippen LogP contribution is 2.35. The molecular formula is C13H15BrClN3OS. The zero-order chi connectivity index (χ0) is 14.7. The molecule has 0 fully saturated rings. The summed E-state index contributed by atoms with van der Waals surface area (Å²) in [5, 5.41) is 3.37. The second kappa shape index (κ2) is 6.65. The van der Waals surface area contributed by atoms with E-state index in [0.717, 1.165) is 25.1 Å². The molecule has 2 rings (SSSR count). The van der Waals surface area contributed by atoms with Crippen LogP contribution in [-0.2, 0) is 6.54 Å². The third kappa shape index (κ3) is 3.37. The van der Waals surface area contributed by atoms with E-state index in [1.54, 1.807) is 24.6 Å². The van der Waals surface area contributed by atoms with Crippen molar-refractivity contribution in [2.24, 2.45) is 0 Å². The average molecular weight is 377 g/mol. The lowest BCUT2D eigenvalue weighted by atomic mass is 10.3. The van der Waals surface area contributed by atoms with Crippen LogP contribution in [0.15, 0.2) is 22.8 Å². The van der Waals surface area contributed by atoms with E-state index in [2.05, 4.69) is 26.2 Å². The van der Waals surface area contributed by atoms with Gasteiger partial charge in [-0.1, -0.05) is 11.6 Å². The van der Waals surface area contributed by atoms with Crippen molar-refractivity contribution in [2.75, 3.05) is 31.4 Å². The molecule has 108 valence electrons. The van der Waals surface area contributed by atoms with Gasteiger partial charge in [0.25, 0.3) is 0 Å². The van der Waals surface area contributed by atoms with Gasteiger partial charge in [0.1, 0.15) is 10.0 Å². The first-order valence-electron chi connectivity index (χ1n) is 5.90. The van der Waals surface area contributed by atoms with Crippen LogP contribution < -0.4 is 15.0 Å². The minimum atomic E-state index is 0.581. The lowest BCUT2D eigenvalue weighted by Gasteiger charge is -2.19. The van der Waals surface area contributed by atoms with Gasteiger partial charge < -0.3 is 15.0 Å². The second-order valence-corrected chi connectivity index (χ2v) is 6.89. The normalized spacial score (nSPS) is 10.4. The number of nitrogens with zero attached hydrogens (tertiary/aromatic N) is 2. The van der Waals surface area contributed by atoms with Gasteiger partial charge in [0.15, 0.2) is 0 Å². The lowest BCUT2D eigenvalue weighted by molar-refractivity contribution is 0.400. The zero-order valence-corrected chi connectivity index (χ0v) is 14.6. The van der Waals surface area contributed by atoms with Crippen LogP contribution in [0.3, 0.4) is 0 Å². The Hall–Kier alpha value is -0.980. The first-order chi connectivity index (χ1) is 9.52. The highest BCUT2D eigenvalue weighted by molar-refractivity contribution is 9.10. The van der Waals surface area contributed by atoms with Crippen molar-refractivity contribution >= 4 is 50.2 Å². The summed E-state index contributed by atoms with van der Waals surface area (Å²) in [7, 11) is 5.59. The van der Waals surface area contributed by atoms with Crippen LogP contribution in [0, 0.1) is 0 Å². The molecule has 4 nitrogen and oxygen atoms in total. The fraction of sp³-hybridized carbons (Fsp3) is 0.308. The maximum Gasteiger partial charge on any atom is 0.239 e. The Morgan fingerprint density at radius 2 is 2.25 bits per heavy atom. The van der Waals surface area contributed by atoms with Crippen molar-refractivity contribution in [3.63, 3.8) is 0 Å². The fourth-order valence-corrected chi connectivity index (χ4v) is 3.51. The lowest BCUT2D eigenvalue weighted by Crippen LogP contribution is -2.13. The number of pyridine rings is 1. The summed E-state index contributed by atoms with van der Waals surface area (Å²) < 4.78 is 7.00. The third-order valence-electron chi connectivity index (χ3n) is 2.70. The molecule has 0 aliphatic rings. The molecule has 2 aromatic rings. The van der Waals surface area contributed by atoms with Gasteiger partial charge in [-0.25, -0.2) is 4.98 Å². The van der Waals surface area contributed by atoms with E-state index in [4.69, 9.17) is 16.3 Å². The molecule has 2 aromatic heterocycles. The van der Waals surface area contributed by atoms with Crippen molar-refractivity contribution in [1.29, 1.82) is 0 Å². The summed E-state index contributed by atoms with van der Waals surface area (Å²) in [6.45, 7) is 0.666. The van der Waals surface area contributed by atoms with Gasteiger partial charge in [0.2, 0.25) is 5.88 Å². The topological polar surface area (TPSA) is 37.4 Å². The summed E-state index contributed by atoms with van der Waals surface area (Å²) in [5.41, 5.74) is 1.90. The summed E-state index contributed by atoms with van der Waals surface area (Å²) >= 11 is 11.0. The SMILES string of the molecule is COc1nccc(N(C)C)c1NCc1cc(Br)c(Cl)s1. The standard InChI is InChI=1S/C13H15BrClN3OS/c1-18(2)10-4-5-16-13(19-3)11(10)17-7-8-6-9(14)12(15)20-8/h4-6,17H,7H2,1-3H3. The molecule has 0 amide bonds. The number of ether oxygens (including phenoxy) is 1.